The van der Waals surface area contributed by atoms with E-state index in [1.807, 2.05) is 38.1 Å². The van der Waals surface area contributed by atoms with Gasteiger partial charge in [0.05, 0.1) is 10.9 Å². The third kappa shape index (κ3) is 2.98. The summed E-state index contributed by atoms with van der Waals surface area (Å²) in [7, 11) is -3.60. The van der Waals surface area contributed by atoms with Crippen LogP contribution in [0.4, 0.5) is 0 Å². The molecule has 1 spiro atoms. The van der Waals surface area contributed by atoms with Crippen molar-refractivity contribution in [2.75, 3.05) is 13.2 Å². The smallest absolute Gasteiger partial charge is 0.241 e. The van der Waals surface area contributed by atoms with Crippen molar-refractivity contribution in [3.63, 3.8) is 0 Å². The number of benzene rings is 2. The molecular formula is C21H25NO3S. The van der Waals surface area contributed by atoms with E-state index < -0.39 is 10.0 Å². The van der Waals surface area contributed by atoms with Crippen molar-refractivity contribution in [1.29, 1.82) is 0 Å². The standard InChI is InChI=1S/C21H25NO3S/c1-15-7-8-19(16(2)13-15)26(23,24)22-20-18-6-4-3-5-17(18)14-21(20)9-11-25-12-10-21/h3-8,13,20,22H,9-12,14H2,1-2H3. The first-order chi connectivity index (χ1) is 12.4. The fraction of sp³-hybridized carbons (Fsp3) is 0.429. The number of aryl methyl sites for hydroxylation is 2. The zero-order chi connectivity index (χ0) is 18.4. The lowest BCUT2D eigenvalue weighted by Crippen LogP contribution is -2.42. The summed E-state index contributed by atoms with van der Waals surface area (Å²) >= 11 is 0. The Labute approximate surface area is 155 Å². The number of rotatable bonds is 3. The lowest BCUT2D eigenvalue weighted by molar-refractivity contribution is 0.00411. The van der Waals surface area contributed by atoms with E-state index in [0.717, 1.165) is 36.0 Å². The van der Waals surface area contributed by atoms with Gasteiger partial charge in [0.1, 0.15) is 0 Å². The molecule has 2 aromatic carbocycles. The van der Waals surface area contributed by atoms with E-state index in [0.29, 0.717) is 18.1 Å². The van der Waals surface area contributed by atoms with Gasteiger partial charge in [-0.1, -0.05) is 42.0 Å². The Bertz CT molecular complexity index is 930. The minimum atomic E-state index is -3.60. The van der Waals surface area contributed by atoms with Crippen LogP contribution in [0.2, 0.25) is 0 Å². The summed E-state index contributed by atoms with van der Waals surface area (Å²) < 4.78 is 35.1. The molecule has 4 nitrogen and oxygen atoms in total. The topological polar surface area (TPSA) is 55.4 Å². The molecule has 0 saturated carbocycles. The summed E-state index contributed by atoms with van der Waals surface area (Å²) in [5.41, 5.74) is 4.12. The second-order valence-corrected chi connectivity index (χ2v) is 9.36. The second kappa shape index (κ2) is 6.48. The highest BCUT2D eigenvalue weighted by atomic mass is 32.2. The second-order valence-electron chi connectivity index (χ2n) is 7.67. The molecule has 1 aliphatic carbocycles. The monoisotopic (exact) mass is 371 g/mol. The third-order valence-corrected chi connectivity index (χ3v) is 7.49. The number of nitrogens with one attached hydrogen (secondary N) is 1. The fourth-order valence-electron chi connectivity index (χ4n) is 4.54. The van der Waals surface area contributed by atoms with Crippen LogP contribution in [0.3, 0.4) is 0 Å². The summed E-state index contributed by atoms with van der Waals surface area (Å²) in [5, 5.41) is 0. The molecule has 1 atom stereocenters. The summed E-state index contributed by atoms with van der Waals surface area (Å²) in [6.07, 6.45) is 2.66. The summed E-state index contributed by atoms with van der Waals surface area (Å²) in [6, 6.07) is 13.5. The van der Waals surface area contributed by atoms with Crippen LogP contribution in [0, 0.1) is 19.3 Å². The van der Waals surface area contributed by atoms with Crippen molar-refractivity contribution in [3.05, 3.63) is 64.7 Å². The van der Waals surface area contributed by atoms with Crippen molar-refractivity contribution in [1.82, 2.24) is 4.72 Å². The molecule has 2 aromatic rings. The van der Waals surface area contributed by atoms with Crippen molar-refractivity contribution >= 4 is 10.0 Å². The molecule has 138 valence electrons. The van der Waals surface area contributed by atoms with Gasteiger partial charge in [-0.05, 0) is 61.3 Å². The van der Waals surface area contributed by atoms with Crippen LogP contribution < -0.4 is 4.72 Å². The van der Waals surface area contributed by atoms with Gasteiger partial charge in [-0.2, -0.15) is 0 Å². The van der Waals surface area contributed by atoms with Gasteiger partial charge in [-0.15, -0.1) is 0 Å². The zero-order valence-corrected chi connectivity index (χ0v) is 16.1. The largest absolute Gasteiger partial charge is 0.381 e. The van der Waals surface area contributed by atoms with E-state index in [-0.39, 0.29) is 11.5 Å². The number of hydrogen-bond donors (Lipinski definition) is 1. The predicted octanol–water partition coefficient (Wildman–Crippen LogP) is 3.68. The minimum absolute atomic E-state index is 0.0897. The van der Waals surface area contributed by atoms with Gasteiger partial charge >= 0.3 is 0 Å². The third-order valence-electron chi connectivity index (χ3n) is 5.90. The molecule has 0 radical (unpaired) electrons. The number of sulfonamides is 1. The predicted molar refractivity (Wildman–Crippen MR) is 102 cm³/mol. The first kappa shape index (κ1) is 17.7. The van der Waals surface area contributed by atoms with E-state index in [1.54, 1.807) is 6.07 Å². The number of fused-ring (bicyclic) bond motifs is 1. The Balaban J connectivity index is 1.74. The highest BCUT2D eigenvalue weighted by Gasteiger charge is 2.48. The van der Waals surface area contributed by atoms with E-state index in [9.17, 15) is 8.42 Å². The van der Waals surface area contributed by atoms with Gasteiger partial charge in [-0.3, -0.25) is 0 Å². The van der Waals surface area contributed by atoms with Crippen LogP contribution in [0.1, 0.15) is 41.1 Å². The molecule has 4 rings (SSSR count). The molecule has 1 saturated heterocycles. The quantitative estimate of drug-likeness (QED) is 0.895. The molecule has 5 heteroatoms. The first-order valence-corrected chi connectivity index (χ1v) is 10.6. The maximum absolute atomic E-state index is 13.2. The average molecular weight is 372 g/mol. The molecule has 1 heterocycles. The van der Waals surface area contributed by atoms with Crippen LogP contribution >= 0.6 is 0 Å². The maximum Gasteiger partial charge on any atom is 0.241 e. The molecular weight excluding hydrogens is 346 g/mol. The molecule has 2 aliphatic rings. The van der Waals surface area contributed by atoms with E-state index in [2.05, 4.69) is 16.9 Å². The van der Waals surface area contributed by atoms with Gasteiger partial charge in [0.2, 0.25) is 10.0 Å². The van der Waals surface area contributed by atoms with E-state index >= 15 is 0 Å². The Morgan fingerprint density at radius 2 is 1.81 bits per heavy atom. The Morgan fingerprint density at radius 3 is 2.54 bits per heavy atom. The van der Waals surface area contributed by atoms with Gasteiger partial charge in [0.25, 0.3) is 0 Å². The minimum Gasteiger partial charge on any atom is -0.381 e. The number of hydrogen-bond acceptors (Lipinski definition) is 3. The van der Waals surface area contributed by atoms with Crippen LogP contribution in [-0.4, -0.2) is 21.6 Å². The zero-order valence-electron chi connectivity index (χ0n) is 15.3. The summed E-state index contributed by atoms with van der Waals surface area (Å²) in [5.74, 6) is 0. The molecule has 0 aromatic heterocycles. The van der Waals surface area contributed by atoms with Gasteiger partial charge in [-0.25, -0.2) is 13.1 Å². The normalized spacial score (nSPS) is 21.7. The molecule has 0 bridgehead atoms. The molecule has 26 heavy (non-hydrogen) atoms. The van der Waals surface area contributed by atoms with Crippen molar-refractivity contribution < 1.29 is 13.2 Å². The highest BCUT2D eigenvalue weighted by molar-refractivity contribution is 7.89. The van der Waals surface area contributed by atoms with Gasteiger partial charge in [0, 0.05) is 13.2 Å². The summed E-state index contributed by atoms with van der Waals surface area (Å²) in [4.78, 5) is 0.370. The Kier molecular flexibility index (Phi) is 4.41. The van der Waals surface area contributed by atoms with E-state index in [4.69, 9.17) is 4.74 Å². The fourth-order valence-corrected chi connectivity index (χ4v) is 6.08. The number of ether oxygens (including phenoxy) is 1. The van der Waals surface area contributed by atoms with Crippen molar-refractivity contribution in [2.45, 2.75) is 44.0 Å². The first-order valence-electron chi connectivity index (χ1n) is 9.16. The SMILES string of the molecule is Cc1ccc(S(=O)(=O)NC2c3ccccc3CC23CCOCC3)c(C)c1. The molecule has 1 N–H and O–H groups in total. The van der Waals surface area contributed by atoms with Crippen molar-refractivity contribution in [2.24, 2.45) is 5.41 Å². The summed E-state index contributed by atoms with van der Waals surface area (Å²) in [6.45, 7) is 5.21. The van der Waals surface area contributed by atoms with Crippen LogP contribution in [0.5, 0.6) is 0 Å². The molecule has 1 fully saturated rings. The molecule has 1 unspecified atom stereocenters. The van der Waals surface area contributed by atoms with Crippen LogP contribution in [0.15, 0.2) is 47.4 Å². The average Bonchev–Trinajstić information content (AvgIpc) is 2.88. The van der Waals surface area contributed by atoms with Crippen molar-refractivity contribution in [3.8, 4) is 0 Å². The van der Waals surface area contributed by atoms with E-state index in [1.165, 1.54) is 5.56 Å². The van der Waals surface area contributed by atoms with Gasteiger partial charge in [0.15, 0.2) is 0 Å². The highest BCUT2D eigenvalue weighted by Crippen LogP contribution is 2.52. The lowest BCUT2D eigenvalue weighted by atomic mass is 9.75. The van der Waals surface area contributed by atoms with Crippen LogP contribution in [0.25, 0.3) is 0 Å². The molecule has 1 aliphatic heterocycles. The van der Waals surface area contributed by atoms with Gasteiger partial charge < -0.3 is 4.74 Å². The van der Waals surface area contributed by atoms with Crippen LogP contribution in [-0.2, 0) is 21.2 Å². The molecule has 0 amide bonds. The maximum atomic E-state index is 13.2. The Morgan fingerprint density at radius 1 is 1.08 bits per heavy atom. The Hall–Kier alpha value is -1.69. The lowest BCUT2D eigenvalue weighted by Gasteiger charge is -2.39.